The van der Waals surface area contributed by atoms with Crippen LogP contribution in [-0.2, 0) is 19.4 Å². The van der Waals surface area contributed by atoms with Gasteiger partial charge in [-0.3, -0.25) is 4.68 Å². The molecular weight excluding hydrogens is 340 g/mol. The molecule has 0 unspecified atom stereocenters. The van der Waals surface area contributed by atoms with E-state index >= 15 is 0 Å². The maximum absolute atomic E-state index is 9.88. The number of benzene rings is 1. The van der Waals surface area contributed by atoms with Crippen molar-refractivity contribution in [1.29, 1.82) is 0 Å². The Morgan fingerprint density at radius 3 is 2.63 bits per heavy atom. The fraction of sp³-hybridized carbons (Fsp3) is 0.619. The molecule has 0 aliphatic rings. The number of rotatable bonds is 13. The van der Waals surface area contributed by atoms with E-state index in [2.05, 4.69) is 54.7 Å². The van der Waals surface area contributed by atoms with Crippen LogP contribution in [0.1, 0.15) is 51.3 Å². The minimum atomic E-state index is -0.498. The van der Waals surface area contributed by atoms with Crippen molar-refractivity contribution in [1.82, 2.24) is 20.3 Å². The summed E-state index contributed by atoms with van der Waals surface area (Å²) in [5.41, 5.74) is 2.38. The molecule has 0 radical (unpaired) electrons. The van der Waals surface area contributed by atoms with Crippen molar-refractivity contribution in [2.24, 2.45) is 0 Å². The summed E-state index contributed by atoms with van der Waals surface area (Å²) in [4.78, 5) is 0. The lowest BCUT2D eigenvalue weighted by Crippen LogP contribution is -2.35. The second-order valence-electron chi connectivity index (χ2n) is 7.35. The van der Waals surface area contributed by atoms with Crippen molar-refractivity contribution in [3.05, 3.63) is 41.7 Å². The molecule has 0 saturated heterocycles. The highest BCUT2D eigenvalue weighted by Crippen LogP contribution is 2.14. The first-order valence-electron chi connectivity index (χ1n) is 10.1. The van der Waals surface area contributed by atoms with Crippen LogP contribution in [-0.4, -0.2) is 45.4 Å². The molecule has 0 saturated carbocycles. The van der Waals surface area contributed by atoms with Gasteiger partial charge in [0.15, 0.2) is 0 Å². The molecule has 6 nitrogen and oxygen atoms in total. The Labute approximate surface area is 162 Å². The number of unbranched alkanes of at least 4 members (excludes halogenated alkanes) is 1. The number of aromatic nitrogens is 3. The van der Waals surface area contributed by atoms with E-state index in [9.17, 15) is 5.11 Å². The Hall–Kier alpha value is -1.92. The van der Waals surface area contributed by atoms with Gasteiger partial charge in [0.2, 0.25) is 0 Å². The Balaban J connectivity index is 1.63. The van der Waals surface area contributed by atoms with Crippen molar-refractivity contribution in [2.45, 2.75) is 71.6 Å². The first-order chi connectivity index (χ1) is 13.1. The number of hydrogen-bond acceptors (Lipinski definition) is 5. The highest BCUT2D eigenvalue weighted by Gasteiger charge is 2.06. The predicted octanol–water partition coefficient (Wildman–Crippen LogP) is 2.99. The minimum absolute atomic E-state index is 0.303. The Bertz CT molecular complexity index is 640. The van der Waals surface area contributed by atoms with Gasteiger partial charge in [-0.2, -0.15) is 0 Å². The van der Waals surface area contributed by atoms with E-state index in [4.69, 9.17) is 4.74 Å². The molecular formula is C21H34N4O2. The summed E-state index contributed by atoms with van der Waals surface area (Å²) in [5.74, 6) is 0.799. The minimum Gasteiger partial charge on any atom is -0.491 e. The van der Waals surface area contributed by atoms with E-state index in [1.807, 2.05) is 16.8 Å². The van der Waals surface area contributed by atoms with E-state index in [1.54, 1.807) is 0 Å². The van der Waals surface area contributed by atoms with Crippen LogP contribution in [0.25, 0.3) is 0 Å². The summed E-state index contributed by atoms with van der Waals surface area (Å²) in [6, 6.07) is 8.52. The van der Waals surface area contributed by atoms with Crippen LogP contribution in [0.3, 0.4) is 0 Å². The number of aliphatic hydroxyl groups excluding tert-OH is 1. The number of nitrogens with zero attached hydrogens (tertiary/aromatic N) is 3. The zero-order valence-electron chi connectivity index (χ0n) is 16.9. The van der Waals surface area contributed by atoms with Crippen molar-refractivity contribution < 1.29 is 9.84 Å². The molecule has 1 aromatic heterocycles. The highest BCUT2D eigenvalue weighted by atomic mass is 16.5. The topological polar surface area (TPSA) is 72.2 Å². The monoisotopic (exact) mass is 374 g/mol. The van der Waals surface area contributed by atoms with Crippen molar-refractivity contribution in [3.8, 4) is 5.75 Å². The van der Waals surface area contributed by atoms with Gasteiger partial charge in [-0.05, 0) is 43.4 Å². The zero-order chi connectivity index (χ0) is 19.5. The van der Waals surface area contributed by atoms with Crippen LogP contribution in [0.5, 0.6) is 5.75 Å². The van der Waals surface area contributed by atoms with Crippen LogP contribution in [0.4, 0.5) is 0 Å². The summed E-state index contributed by atoms with van der Waals surface area (Å²) in [6.45, 7) is 8.03. The van der Waals surface area contributed by atoms with Gasteiger partial charge in [0, 0.05) is 25.3 Å². The number of ether oxygens (including phenoxy) is 1. The number of aliphatic hydroxyl groups is 1. The average Bonchev–Trinajstić information content (AvgIpc) is 3.10. The van der Waals surface area contributed by atoms with Crippen LogP contribution in [0.2, 0.25) is 0 Å². The maximum Gasteiger partial charge on any atom is 0.119 e. The van der Waals surface area contributed by atoms with Crippen molar-refractivity contribution in [2.75, 3.05) is 13.2 Å². The van der Waals surface area contributed by atoms with Crippen LogP contribution in [0, 0.1) is 0 Å². The summed E-state index contributed by atoms with van der Waals surface area (Å²) in [5, 5.41) is 21.4. The molecule has 0 fully saturated rings. The Morgan fingerprint density at radius 2 is 1.93 bits per heavy atom. The van der Waals surface area contributed by atoms with E-state index in [1.165, 1.54) is 5.56 Å². The van der Waals surface area contributed by atoms with Gasteiger partial charge >= 0.3 is 0 Å². The van der Waals surface area contributed by atoms with E-state index in [-0.39, 0.29) is 0 Å². The SMILES string of the molecule is CCCc1cn(CCCCc2ccc(OC[C@@H](O)CNC(C)C)cc2)nn1. The second-order valence-corrected chi connectivity index (χ2v) is 7.35. The quantitative estimate of drug-likeness (QED) is 0.527. The standard InChI is InChI=1S/C21H34N4O2/c1-4-7-19-15-25(24-23-19)13-6-5-8-18-9-11-21(12-10-18)27-16-20(26)14-22-17(2)3/h9-12,15,17,20,22,26H,4-8,13-14,16H2,1-3H3/t20-/m0/s1. The Morgan fingerprint density at radius 1 is 1.15 bits per heavy atom. The normalized spacial score (nSPS) is 12.5. The van der Waals surface area contributed by atoms with Gasteiger partial charge in [-0.1, -0.05) is 44.5 Å². The van der Waals surface area contributed by atoms with E-state index in [0.717, 1.165) is 50.1 Å². The molecule has 0 aliphatic carbocycles. The van der Waals surface area contributed by atoms with Gasteiger partial charge in [-0.25, -0.2) is 0 Å². The molecule has 0 bridgehead atoms. The average molecular weight is 375 g/mol. The molecule has 1 atom stereocenters. The molecule has 27 heavy (non-hydrogen) atoms. The third-order valence-electron chi connectivity index (χ3n) is 4.32. The third-order valence-corrected chi connectivity index (χ3v) is 4.32. The fourth-order valence-corrected chi connectivity index (χ4v) is 2.80. The molecule has 1 heterocycles. The molecule has 0 spiro atoms. The van der Waals surface area contributed by atoms with Gasteiger partial charge in [-0.15, -0.1) is 5.10 Å². The van der Waals surface area contributed by atoms with Gasteiger partial charge in [0.05, 0.1) is 5.69 Å². The molecule has 150 valence electrons. The molecule has 0 aliphatic heterocycles. The summed E-state index contributed by atoms with van der Waals surface area (Å²) < 4.78 is 7.60. The summed E-state index contributed by atoms with van der Waals surface area (Å²) in [6.07, 6.45) is 6.90. The van der Waals surface area contributed by atoms with Crippen LogP contribution >= 0.6 is 0 Å². The molecule has 2 aromatic rings. The van der Waals surface area contributed by atoms with Gasteiger partial charge < -0.3 is 15.2 Å². The van der Waals surface area contributed by atoms with Crippen LogP contribution < -0.4 is 10.1 Å². The number of aryl methyl sites for hydroxylation is 3. The second kappa shape index (κ2) is 11.7. The first-order valence-corrected chi connectivity index (χ1v) is 10.1. The van der Waals surface area contributed by atoms with Gasteiger partial charge in [0.1, 0.15) is 18.5 Å². The lowest BCUT2D eigenvalue weighted by molar-refractivity contribution is 0.104. The van der Waals surface area contributed by atoms with Crippen molar-refractivity contribution >= 4 is 0 Å². The third kappa shape index (κ3) is 8.54. The lowest BCUT2D eigenvalue weighted by Gasteiger charge is -2.15. The Kier molecular flexibility index (Phi) is 9.28. The molecule has 6 heteroatoms. The molecule has 1 aromatic carbocycles. The predicted molar refractivity (Wildman–Crippen MR) is 108 cm³/mol. The van der Waals surface area contributed by atoms with Gasteiger partial charge in [0.25, 0.3) is 0 Å². The molecule has 2 N–H and O–H groups in total. The largest absolute Gasteiger partial charge is 0.491 e. The number of hydrogen-bond donors (Lipinski definition) is 2. The first kappa shape index (κ1) is 21.4. The smallest absolute Gasteiger partial charge is 0.119 e. The summed E-state index contributed by atoms with van der Waals surface area (Å²) >= 11 is 0. The fourth-order valence-electron chi connectivity index (χ4n) is 2.80. The maximum atomic E-state index is 9.88. The zero-order valence-corrected chi connectivity index (χ0v) is 16.9. The summed E-state index contributed by atoms with van der Waals surface area (Å²) in [7, 11) is 0. The van der Waals surface area contributed by atoms with Crippen LogP contribution in [0.15, 0.2) is 30.5 Å². The molecule has 2 rings (SSSR count). The highest BCUT2D eigenvalue weighted by molar-refractivity contribution is 5.27. The number of nitrogens with one attached hydrogen (secondary N) is 1. The van der Waals surface area contributed by atoms with E-state index < -0.39 is 6.10 Å². The molecule has 0 amide bonds. The van der Waals surface area contributed by atoms with E-state index in [0.29, 0.717) is 19.2 Å². The van der Waals surface area contributed by atoms with Crippen molar-refractivity contribution in [3.63, 3.8) is 0 Å². The lowest BCUT2D eigenvalue weighted by atomic mass is 10.1.